The summed E-state index contributed by atoms with van der Waals surface area (Å²) < 4.78 is 19.3. The molecule has 0 bridgehead atoms. The average Bonchev–Trinajstić information content (AvgIpc) is 3.42. The first-order chi connectivity index (χ1) is 19.4. The Balaban J connectivity index is 1.20. The Kier molecular flexibility index (Phi) is 8.49. The van der Waals surface area contributed by atoms with Crippen LogP contribution in [-0.4, -0.2) is 17.1 Å². The molecule has 1 heterocycles. The van der Waals surface area contributed by atoms with Crippen LogP contribution < -0.4 is 15.5 Å². The number of amides is 1. The summed E-state index contributed by atoms with van der Waals surface area (Å²) in [6.07, 6.45) is 1.46. The largest absolute Gasteiger partial charge is 0.488 e. The highest BCUT2D eigenvalue weighted by Gasteiger charge is 2.09. The van der Waals surface area contributed by atoms with E-state index in [1.54, 1.807) is 42.5 Å². The second-order valence-electron chi connectivity index (χ2n) is 8.91. The van der Waals surface area contributed by atoms with Crippen LogP contribution in [0.25, 0.3) is 11.3 Å². The van der Waals surface area contributed by atoms with E-state index >= 15 is 0 Å². The van der Waals surface area contributed by atoms with Gasteiger partial charge in [-0.05, 0) is 67.1 Å². The van der Waals surface area contributed by atoms with E-state index in [1.807, 2.05) is 48.7 Å². The highest BCUT2D eigenvalue weighted by atomic mass is 35.5. The third-order valence-electron chi connectivity index (χ3n) is 5.87. The fraction of sp³-hybridized carbons (Fsp3) is 0.0645. The molecule has 0 aliphatic rings. The van der Waals surface area contributed by atoms with Crippen molar-refractivity contribution in [1.82, 2.24) is 10.4 Å². The van der Waals surface area contributed by atoms with Crippen LogP contribution in [-0.2, 0) is 6.61 Å². The zero-order chi connectivity index (χ0) is 27.9. The van der Waals surface area contributed by atoms with Crippen LogP contribution >= 0.6 is 22.9 Å². The average molecular weight is 571 g/mol. The van der Waals surface area contributed by atoms with E-state index in [9.17, 15) is 9.18 Å². The van der Waals surface area contributed by atoms with Gasteiger partial charge >= 0.3 is 0 Å². The zero-order valence-electron chi connectivity index (χ0n) is 21.4. The molecule has 0 unspecified atom stereocenters. The fourth-order valence-electron chi connectivity index (χ4n) is 3.78. The minimum Gasteiger partial charge on any atom is -0.488 e. The quantitative estimate of drug-likeness (QED) is 0.139. The van der Waals surface area contributed by atoms with Gasteiger partial charge in [-0.25, -0.2) is 14.8 Å². The van der Waals surface area contributed by atoms with Crippen LogP contribution in [0.15, 0.2) is 101 Å². The number of anilines is 2. The first-order valence-corrected chi connectivity index (χ1v) is 13.6. The smallest absolute Gasteiger partial charge is 0.271 e. The number of halogens is 2. The van der Waals surface area contributed by atoms with Gasteiger partial charge in [0.1, 0.15) is 18.2 Å². The van der Waals surface area contributed by atoms with Crippen molar-refractivity contribution in [3.8, 4) is 17.0 Å². The number of nitrogens with one attached hydrogen (secondary N) is 2. The number of rotatable bonds is 9. The maximum Gasteiger partial charge on any atom is 0.271 e. The molecular formula is C31H24ClFN4O2S. The number of nitrogens with zero attached hydrogens (tertiary/aromatic N) is 2. The molecular weight excluding hydrogens is 547 g/mol. The number of hydrazone groups is 1. The third-order valence-corrected chi connectivity index (χ3v) is 6.87. The number of ether oxygens (including phenoxy) is 1. The summed E-state index contributed by atoms with van der Waals surface area (Å²) in [4.78, 5) is 17.3. The van der Waals surface area contributed by atoms with E-state index in [0.717, 1.165) is 22.1 Å². The van der Waals surface area contributed by atoms with Crippen LogP contribution in [0.5, 0.6) is 5.75 Å². The van der Waals surface area contributed by atoms with Gasteiger partial charge in [-0.15, -0.1) is 11.3 Å². The van der Waals surface area contributed by atoms with E-state index in [-0.39, 0.29) is 18.3 Å². The van der Waals surface area contributed by atoms with Crippen LogP contribution in [0.1, 0.15) is 27.0 Å². The van der Waals surface area contributed by atoms with Gasteiger partial charge in [0, 0.05) is 32.8 Å². The molecule has 1 aromatic heterocycles. The molecule has 40 heavy (non-hydrogen) atoms. The molecule has 0 saturated carbocycles. The Morgan fingerprint density at radius 2 is 1.85 bits per heavy atom. The molecule has 0 aliphatic heterocycles. The summed E-state index contributed by atoms with van der Waals surface area (Å²) >= 11 is 7.65. The number of carbonyl (C=O) groups excluding carboxylic acids is 1. The monoisotopic (exact) mass is 570 g/mol. The maximum atomic E-state index is 13.5. The fourth-order valence-corrected chi connectivity index (χ4v) is 4.70. The number of aryl methyl sites for hydroxylation is 1. The van der Waals surface area contributed by atoms with E-state index in [1.165, 1.54) is 35.2 Å². The Morgan fingerprint density at radius 1 is 1.05 bits per heavy atom. The molecule has 2 N–H and O–H groups in total. The summed E-state index contributed by atoms with van der Waals surface area (Å²) in [6.45, 7) is 2.21. The number of benzene rings is 4. The third kappa shape index (κ3) is 7.11. The summed E-state index contributed by atoms with van der Waals surface area (Å²) in [7, 11) is 0. The lowest BCUT2D eigenvalue weighted by atomic mass is 10.1. The van der Waals surface area contributed by atoms with Gasteiger partial charge in [-0.3, -0.25) is 4.79 Å². The van der Waals surface area contributed by atoms with E-state index in [0.29, 0.717) is 27.5 Å². The first-order valence-electron chi connectivity index (χ1n) is 12.3. The number of carbonyl (C=O) groups is 1. The lowest BCUT2D eigenvalue weighted by Gasteiger charge is -2.10. The van der Waals surface area contributed by atoms with Gasteiger partial charge in [-0.2, -0.15) is 5.10 Å². The van der Waals surface area contributed by atoms with Gasteiger partial charge in [0.05, 0.1) is 11.9 Å². The van der Waals surface area contributed by atoms with E-state index in [4.69, 9.17) is 16.3 Å². The normalized spacial score (nSPS) is 11.0. The minimum absolute atomic E-state index is 0.168. The molecule has 5 aromatic rings. The van der Waals surface area contributed by atoms with Crippen molar-refractivity contribution in [1.29, 1.82) is 0 Å². The second kappa shape index (κ2) is 12.5. The lowest BCUT2D eigenvalue weighted by molar-refractivity contribution is 0.0955. The number of hydrogen-bond acceptors (Lipinski definition) is 6. The topological polar surface area (TPSA) is 75.6 Å². The SMILES string of the molecule is Cc1ccc(Nc2nc(-c3ccc(C(=O)N/N=C\c4cc(Cl)ccc4OCc4cccc(F)c4)cc3)cs2)cc1. The van der Waals surface area contributed by atoms with Crippen molar-refractivity contribution in [3.05, 3.63) is 129 Å². The molecule has 200 valence electrons. The van der Waals surface area contributed by atoms with Crippen molar-refractivity contribution in [3.63, 3.8) is 0 Å². The second-order valence-corrected chi connectivity index (χ2v) is 10.2. The maximum absolute atomic E-state index is 13.5. The predicted octanol–water partition coefficient (Wildman–Crippen LogP) is 8.00. The Morgan fingerprint density at radius 3 is 2.62 bits per heavy atom. The van der Waals surface area contributed by atoms with Crippen molar-refractivity contribution >= 4 is 45.9 Å². The first kappa shape index (κ1) is 27.1. The molecule has 5 rings (SSSR count). The summed E-state index contributed by atoms with van der Waals surface area (Å²) in [6, 6.07) is 26.5. The summed E-state index contributed by atoms with van der Waals surface area (Å²) in [5.74, 6) is -0.205. The summed E-state index contributed by atoms with van der Waals surface area (Å²) in [5, 5.41) is 10.6. The van der Waals surface area contributed by atoms with E-state index < -0.39 is 0 Å². The molecule has 1 amide bonds. The van der Waals surface area contributed by atoms with Crippen LogP contribution in [0.4, 0.5) is 15.2 Å². The molecule has 0 saturated heterocycles. The van der Waals surface area contributed by atoms with Crippen molar-refractivity contribution < 1.29 is 13.9 Å². The van der Waals surface area contributed by atoms with Crippen LogP contribution in [0.2, 0.25) is 5.02 Å². The summed E-state index contributed by atoms with van der Waals surface area (Å²) in [5.41, 5.74) is 8.11. The molecule has 0 radical (unpaired) electrons. The van der Waals surface area contributed by atoms with Gasteiger partial charge in [0.2, 0.25) is 0 Å². The van der Waals surface area contributed by atoms with Crippen LogP contribution in [0.3, 0.4) is 0 Å². The molecule has 9 heteroatoms. The molecule has 0 fully saturated rings. The Bertz CT molecular complexity index is 1650. The van der Waals surface area contributed by atoms with E-state index in [2.05, 4.69) is 20.8 Å². The van der Waals surface area contributed by atoms with Crippen molar-refractivity contribution in [2.24, 2.45) is 5.10 Å². The Labute approximate surface area is 240 Å². The van der Waals surface area contributed by atoms with Crippen LogP contribution in [0, 0.1) is 12.7 Å². The lowest BCUT2D eigenvalue weighted by Crippen LogP contribution is -2.17. The molecule has 0 aliphatic carbocycles. The molecule has 0 atom stereocenters. The highest BCUT2D eigenvalue weighted by molar-refractivity contribution is 7.14. The molecule has 4 aromatic carbocycles. The van der Waals surface area contributed by atoms with Gasteiger partial charge in [0.25, 0.3) is 5.91 Å². The Hall–Kier alpha value is -4.53. The standard InChI is InChI=1S/C31H24ClFN4O2S/c1-20-5-12-27(13-6-20)35-31-36-28(19-40-31)22-7-9-23(10-8-22)30(38)37-34-17-24-16-25(32)11-14-29(24)39-18-21-3-2-4-26(33)15-21/h2-17,19H,18H2,1H3,(H,35,36)(H,37,38)/b34-17-. The predicted molar refractivity (Wildman–Crippen MR) is 159 cm³/mol. The number of thiazole rings is 1. The van der Waals surface area contributed by atoms with Gasteiger partial charge < -0.3 is 10.1 Å². The zero-order valence-corrected chi connectivity index (χ0v) is 23.0. The van der Waals surface area contributed by atoms with Crippen molar-refractivity contribution in [2.75, 3.05) is 5.32 Å². The van der Waals surface area contributed by atoms with Gasteiger partial charge in [0.15, 0.2) is 5.13 Å². The number of hydrogen-bond donors (Lipinski definition) is 2. The highest BCUT2D eigenvalue weighted by Crippen LogP contribution is 2.28. The minimum atomic E-state index is -0.368. The van der Waals surface area contributed by atoms with Crippen molar-refractivity contribution in [2.45, 2.75) is 13.5 Å². The molecule has 0 spiro atoms. The van der Waals surface area contributed by atoms with Gasteiger partial charge in [-0.1, -0.05) is 53.6 Å². The number of aromatic nitrogens is 1. The molecule has 6 nitrogen and oxygen atoms in total.